The number of benzene rings is 1. The van der Waals surface area contributed by atoms with E-state index in [0.29, 0.717) is 5.75 Å². The molecule has 1 amide bonds. The summed E-state index contributed by atoms with van der Waals surface area (Å²) in [4.78, 5) is 13.7. The molecule has 2 heterocycles. The van der Waals surface area contributed by atoms with Crippen LogP contribution in [0.5, 0.6) is 0 Å². The van der Waals surface area contributed by atoms with Crippen LogP contribution in [0, 0.1) is 20.8 Å². The number of carbonyl (C=O) groups is 1. The van der Waals surface area contributed by atoms with E-state index >= 15 is 0 Å². The lowest BCUT2D eigenvalue weighted by atomic mass is 10.1. The van der Waals surface area contributed by atoms with Gasteiger partial charge in [-0.1, -0.05) is 30.0 Å². The highest BCUT2D eigenvalue weighted by molar-refractivity contribution is 7.99. The first-order chi connectivity index (χ1) is 12.9. The van der Waals surface area contributed by atoms with E-state index in [9.17, 15) is 4.79 Å². The maximum Gasteiger partial charge on any atom is 0.234 e. The van der Waals surface area contributed by atoms with E-state index in [-0.39, 0.29) is 11.9 Å². The summed E-state index contributed by atoms with van der Waals surface area (Å²) in [5.74, 6) is 1.11. The maximum atomic E-state index is 12.5. The van der Waals surface area contributed by atoms with Gasteiger partial charge in [-0.25, -0.2) is 0 Å². The van der Waals surface area contributed by atoms with Crippen molar-refractivity contribution in [2.75, 3.05) is 11.1 Å². The van der Waals surface area contributed by atoms with Crippen molar-refractivity contribution in [3.8, 4) is 11.4 Å². The summed E-state index contributed by atoms with van der Waals surface area (Å²) >= 11 is 3.12. The van der Waals surface area contributed by atoms with Crippen LogP contribution < -0.4 is 5.32 Å². The number of amides is 1. The molecule has 3 aromatic rings. The molecule has 0 spiro atoms. The highest BCUT2D eigenvalue weighted by Gasteiger charge is 2.18. The summed E-state index contributed by atoms with van der Waals surface area (Å²) in [5.41, 5.74) is 4.09. The predicted molar refractivity (Wildman–Crippen MR) is 114 cm³/mol. The van der Waals surface area contributed by atoms with E-state index < -0.39 is 0 Å². The van der Waals surface area contributed by atoms with Crippen LogP contribution >= 0.6 is 23.1 Å². The van der Waals surface area contributed by atoms with E-state index in [1.165, 1.54) is 16.6 Å². The van der Waals surface area contributed by atoms with Crippen molar-refractivity contribution in [3.63, 3.8) is 0 Å². The van der Waals surface area contributed by atoms with Gasteiger partial charge < -0.3 is 5.32 Å². The molecule has 3 rings (SSSR count). The predicted octanol–water partition coefficient (Wildman–Crippen LogP) is 5.24. The van der Waals surface area contributed by atoms with Crippen molar-refractivity contribution in [2.24, 2.45) is 0 Å². The highest BCUT2D eigenvalue weighted by atomic mass is 32.2. The second-order valence-electron chi connectivity index (χ2n) is 6.82. The molecule has 142 valence electrons. The Morgan fingerprint density at radius 3 is 2.52 bits per heavy atom. The Labute approximate surface area is 168 Å². The number of thioether (sulfide) groups is 1. The summed E-state index contributed by atoms with van der Waals surface area (Å²) in [6, 6.07) is 8.32. The lowest BCUT2D eigenvalue weighted by Crippen LogP contribution is -2.16. The Kier molecular flexibility index (Phi) is 6.01. The fourth-order valence-electron chi connectivity index (χ4n) is 2.92. The molecule has 2 aromatic heterocycles. The molecule has 0 aliphatic carbocycles. The molecule has 0 saturated carbocycles. The van der Waals surface area contributed by atoms with Crippen molar-refractivity contribution in [1.82, 2.24) is 14.8 Å². The van der Waals surface area contributed by atoms with Gasteiger partial charge in [0.15, 0.2) is 11.0 Å². The minimum absolute atomic E-state index is 0.0383. The normalized spacial score (nSPS) is 11.2. The summed E-state index contributed by atoms with van der Waals surface area (Å²) in [6.45, 7) is 10.3. The lowest BCUT2D eigenvalue weighted by molar-refractivity contribution is -0.113. The number of aryl methyl sites for hydroxylation is 3. The molecule has 7 heteroatoms. The molecule has 0 fully saturated rings. The molecular formula is C20H24N4OS2. The minimum Gasteiger partial charge on any atom is -0.325 e. The second-order valence-corrected chi connectivity index (χ2v) is 8.88. The van der Waals surface area contributed by atoms with Crippen LogP contribution in [-0.4, -0.2) is 26.4 Å². The number of aromatic nitrogens is 3. The Bertz CT molecular complexity index is 939. The zero-order chi connectivity index (χ0) is 19.6. The molecular weight excluding hydrogens is 376 g/mol. The van der Waals surface area contributed by atoms with Crippen molar-refractivity contribution < 1.29 is 4.79 Å². The molecule has 0 radical (unpaired) electrons. The van der Waals surface area contributed by atoms with Crippen molar-refractivity contribution >= 4 is 34.7 Å². The first-order valence-corrected chi connectivity index (χ1v) is 10.7. The SMILES string of the molecule is Cc1cc(-c2nnc(SCC(=O)Nc3c(C)cccc3C)n2C(C)C)cs1. The van der Waals surface area contributed by atoms with Gasteiger partial charge in [-0.05, 0) is 51.8 Å². The number of anilines is 1. The number of hydrogen-bond donors (Lipinski definition) is 1. The number of para-hydroxylation sites is 1. The van der Waals surface area contributed by atoms with Crippen LogP contribution in [0.15, 0.2) is 34.8 Å². The smallest absolute Gasteiger partial charge is 0.234 e. The largest absolute Gasteiger partial charge is 0.325 e. The van der Waals surface area contributed by atoms with Gasteiger partial charge in [-0.15, -0.1) is 21.5 Å². The lowest BCUT2D eigenvalue weighted by Gasteiger charge is -2.14. The molecule has 0 bridgehead atoms. The first-order valence-electron chi connectivity index (χ1n) is 8.86. The third-order valence-electron chi connectivity index (χ3n) is 4.25. The van der Waals surface area contributed by atoms with Crippen LogP contribution in [0.2, 0.25) is 0 Å². The molecule has 27 heavy (non-hydrogen) atoms. The molecule has 0 unspecified atom stereocenters. The van der Waals surface area contributed by atoms with E-state index in [4.69, 9.17) is 0 Å². The standard InChI is InChI=1S/C20H24N4OS2/c1-12(2)24-19(16-9-15(5)26-10-16)22-23-20(24)27-11-17(25)21-18-13(3)7-6-8-14(18)4/h6-10,12H,11H2,1-5H3,(H,21,25). The monoisotopic (exact) mass is 400 g/mol. The Morgan fingerprint density at radius 1 is 1.22 bits per heavy atom. The average Bonchev–Trinajstić information content (AvgIpc) is 3.22. The van der Waals surface area contributed by atoms with Crippen LogP contribution in [0.1, 0.15) is 35.9 Å². The third-order valence-corrected chi connectivity index (χ3v) is 6.05. The summed E-state index contributed by atoms with van der Waals surface area (Å²) in [6.07, 6.45) is 0. The molecule has 0 saturated heterocycles. The van der Waals surface area contributed by atoms with Crippen LogP contribution in [0.25, 0.3) is 11.4 Å². The zero-order valence-electron chi connectivity index (χ0n) is 16.2. The van der Waals surface area contributed by atoms with Crippen LogP contribution in [0.4, 0.5) is 5.69 Å². The highest BCUT2D eigenvalue weighted by Crippen LogP contribution is 2.30. The minimum atomic E-state index is -0.0383. The molecule has 0 aliphatic rings. The topological polar surface area (TPSA) is 59.8 Å². The van der Waals surface area contributed by atoms with Crippen molar-refractivity contribution in [3.05, 3.63) is 45.6 Å². The number of nitrogens with zero attached hydrogens (tertiary/aromatic N) is 3. The molecule has 0 aliphatic heterocycles. The van der Waals surface area contributed by atoms with Gasteiger partial charge in [0.25, 0.3) is 0 Å². The Balaban J connectivity index is 1.74. The van der Waals surface area contributed by atoms with Crippen molar-refractivity contribution in [2.45, 2.75) is 45.8 Å². The van der Waals surface area contributed by atoms with E-state index in [0.717, 1.165) is 33.4 Å². The number of carbonyl (C=O) groups excluding carboxylic acids is 1. The molecule has 1 aromatic carbocycles. The Morgan fingerprint density at radius 2 is 1.93 bits per heavy atom. The fraction of sp³-hybridized carbons (Fsp3) is 0.350. The number of thiophene rings is 1. The molecule has 5 nitrogen and oxygen atoms in total. The van der Waals surface area contributed by atoms with Gasteiger partial charge in [-0.2, -0.15) is 0 Å². The summed E-state index contributed by atoms with van der Waals surface area (Å²) in [7, 11) is 0. The average molecular weight is 401 g/mol. The Hall–Kier alpha value is -2.12. The van der Waals surface area contributed by atoms with E-state index in [1.807, 2.05) is 32.0 Å². The molecule has 0 atom stereocenters. The summed E-state index contributed by atoms with van der Waals surface area (Å²) < 4.78 is 2.10. The second kappa shape index (κ2) is 8.27. The summed E-state index contributed by atoms with van der Waals surface area (Å²) in [5, 5.41) is 14.6. The van der Waals surface area contributed by atoms with Gasteiger partial charge in [0, 0.05) is 27.5 Å². The van der Waals surface area contributed by atoms with Crippen LogP contribution in [-0.2, 0) is 4.79 Å². The maximum absolute atomic E-state index is 12.5. The van der Waals surface area contributed by atoms with E-state index in [1.54, 1.807) is 11.3 Å². The van der Waals surface area contributed by atoms with Crippen molar-refractivity contribution in [1.29, 1.82) is 0 Å². The molecule has 1 N–H and O–H groups in total. The van der Waals surface area contributed by atoms with Gasteiger partial charge in [0.1, 0.15) is 0 Å². The number of rotatable bonds is 6. The van der Waals surface area contributed by atoms with E-state index in [2.05, 4.69) is 52.3 Å². The first kappa shape index (κ1) is 19.6. The van der Waals surface area contributed by atoms with Gasteiger partial charge >= 0.3 is 0 Å². The number of hydrogen-bond acceptors (Lipinski definition) is 5. The zero-order valence-corrected chi connectivity index (χ0v) is 17.9. The van der Waals surface area contributed by atoms with Crippen LogP contribution in [0.3, 0.4) is 0 Å². The quantitative estimate of drug-likeness (QED) is 0.575. The van der Waals surface area contributed by atoms with Gasteiger partial charge in [0.05, 0.1) is 5.75 Å². The number of nitrogens with one attached hydrogen (secondary N) is 1. The van der Waals surface area contributed by atoms with Gasteiger partial charge in [0.2, 0.25) is 5.91 Å². The fourth-order valence-corrected chi connectivity index (χ4v) is 4.46. The van der Waals surface area contributed by atoms with Gasteiger partial charge in [-0.3, -0.25) is 9.36 Å². The third kappa shape index (κ3) is 4.42.